The summed E-state index contributed by atoms with van der Waals surface area (Å²) in [5.74, 6) is 1.23. The van der Waals surface area contributed by atoms with E-state index in [1.165, 1.54) is 0 Å². The Morgan fingerprint density at radius 2 is 1.68 bits per heavy atom. The minimum absolute atomic E-state index is 0.136. The molecule has 5 heteroatoms. The molecule has 0 aliphatic rings. The number of fused-ring (bicyclic) bond motifs is 1. The second kappa shape index (κ2) is 7.57. The van der Waals surface area contributed by atoms with Crippen molar-refractivity contribution < 1.29 is 19.0 Å². The van der Waals surface area contributed by atoms with E-state index in [4.69, 9.17) is 14.2 Å². The molecule has 3 rings (SSSR count). The Morgan fingerprint density at radius 3 is 2.48 bits per heavy atom. The van der Waals surface area contributed by atoms with E-state index in [0.29, 0.717) is 11.5 Å². The molecule has 0 heterocycles. The minimum Gasteiger partial charge on any atom is -0.493 e. The molecule has 128 valence electrons. The van der Waals surface area contributed by atoms with E-state index in [2.05, 4.69) is 5.32 Å². The number of methoxy groups -OCH3 is 2. The van der Waals surface area contributed by atoms with Crippen LogP contribution in [0, 0.1) is 0 Å². The summed E-state index contributed by atoms with van der Waals surface area (Å²) in [5.41, 5.74) is 1.53. The van der Waals surface area contributed by atoms with Gasteiger partial charge >= 0.3 is 6.09 Å². The van der Waals surface area contributed by atoms with Crippen LogP contribution in [0.4, 0.5) is 10.5 Å². The van der Waals surface area contributed by atoms with Gasteiger partial charge < -0.3 is 14.2 Å². The Labute approximate surface area is 146 Å². The van der Waals surface area contributed by atoms with Crippen LogP contribution in [0.25, 0.3) is 10.8 Å². The molecule has 0 aliphatic heterocycles. The molecular formula is C20H19NO4. The van der Waals surface area contributed by atoms with Crippen LogP contribution in [-0.2, 0) is 11.3 Å². The van der Waals surface area contributed by atoms with Crippen molar-refractivity contribution in [2.24, 2.45) is 0 Å². The first-order chi connectivity index (χ1) is 12.2. The van der Waals surface area contributed by atoms with Crippen molar-refractivity contribution in [3.8, 4) is 11.5 Å². The van der Waals surface area contributed by atoms with Gasteiger partial charge in [-0.25, -0.2) is 4.79 Å². The fourth-order valence-corrected chi connectivity index (χ4v) is 2.60. The third-order valence-corrected chi connectivity index (χ3v) is 3.84. The van der Waals surface area contributed by atoms with Gasteiger partial charge in [-0.05, 0) is 29.1 Å². The van der Waals surface area contributed by atoms with Crippen LogP contribution in [-0.4, -0.2) is 20.3 Å². The zero-order valence-corrected chi connectivity index (χ0v) is 14.1. The lowest BCUT2D eigenvalue weighted by atomic mass is 10.1. The highest BCUT2D eigenvalue weighted by molar-refractivity contribution is 6.00. The average Bonchev–Trinajstić information content (AvgIpc) is 2.66. The number of anilines is 1. The monoisotopic (exact) mass is 337 g/mol. The van der Waals surface area contributed by atoms with Crippen LogP contribution in [0.15, 0.2) is 60.7 Å². The Bertz CT molecular complexity index is 887. The molecule has 0 spiro atoms. The average molecular weight is 337 g/mol. The first-order valence-corrected chi connectivity index (χ1v) is 7.83. The summed E-state index contributed by atoms with van der Waals surface area (Å²) in [6, 6.07) is 19.0. The predicted octanol–water partition coefficient (Wildman–Crippen LogP) is 4.61. The van der Waals surface area contributed by atoms with E-state index >= 15 is 0 Å². The topological polar surface area (TPSA) is 56.8 Å². The van der Waals surface area contributed by atoms with Crippen LogP contribution in [0.5, 0.6) is 11.5 Å². The van der Waals surface area contributed by atoms with Crippen molar-refractivity contribution in [2.45, 2.75) is 6.61 Å². The molecule has 0 aliphatic carbocycles. The van der Waals surface area contributed by atoms with Crippen LogP contribution in [0.2, 0.25) is 0 Å². The van der Waals surface area contributed by atoms with Gasteiger partial charge in [-0.15, -0.1) is 0 Å². The number of amides is 1. The van der Waals surface area contributed by atoms with E-state index in [9.17, 15) is 4.79 Å². The first kappa shape index (κ1) is 16.6. The van der Waals surface area contributed by atoms with Crippen molar-refractivity contribution in [1.29, 1.82) is 0 Å². The molecule has 3 aromatic rings. The van der Waals surface area contributed by atoms with Gasteiger partial charge in [0, 0.05) is 5.39 Å². The fourth-order valence-electron chi connectivity index (χ4n) is 2.60. The third-order valence-electron chi connectivity index (χ3n) is 3.84. The molecule has 5 nitrogen and oxygen atoms in total. The summed E-state index contributed by atoms with van der Waals surface area (Å²) in [6.45, 7) is 0.136. The van der Waals surface area contributed by atoms with Gasteiger partial charge in [-0.2, -0.15) is 0 Å². The van der Waals surface area contributed by atoms with Gasteiger partial charge in [0.2, 0.25) is 0 Å². The molecule has 0 radical (unpaired) electrons. The zero-order chi connectivity index (χ0) is 17.6. The molecule has 1 N–H and O–H groups in total. The lowest BCUT2D eigenvalue weighted by Gasteiger charge is -2.11. The molecule has 0 unspecified atom stereocenters. The number of benzene rings is 3. The standard InChI is InChI=1S/C20H19NO4/c1-23-18-11-10-14(12-19(18)24-2)13-25-20(22)21-17-9-5-7-15-6-3-4-8-16(15)17/h3-12H,13H2,1-2H3,(H,21,22). The number of hydrogen-bond donors (Lipinski definition) is 1. The van der Waals surface area contributed by atoms with Crippen molar-refractivity contribution in [1.82, 2.24) is 0 Å². The summed E-state index contributed by atoms with van der Waals surface area (Å²) in [4.78, 5) is 12.1. The number of hydrogen-bond acceptors (Lipinski definition) is 4. The molecule has 0 bridgehead atoms. The maximum Gasteiger partial charge on any atom is 0.411 e. The normalized spacial score (nSPS) is 10.3. The Balaban J connectivity index is 1.67. The predicted molar refractivity (Wildman–Crippen MR) is 97.3 cm³/mol. The number of nitrogens with one attached hydrogen (secondary N) is 1. The number of ether oxygens (including phenoxy) is 3. The summed E-state index contributed by atoms with van der Waals surface area (Å²) in [6.07, 6.45) is -0.508. The highest BCUT2D eigenvalue weighted by atomic mass is 16.5. The van der Waals surface area contributed by atoms with Crippen LogP contribution < -0.4 is 14.8 Å². The van der Waals surface area contributed by atoms with E-state index in [0.717, 1.165) is 22.0 Å². The van der Waals surface area contributed by atoms with Crippen molar-refractivity contribution >= 4 is 22.6 Å². The summed E-state index contributed by atoms with van der Waals surface area (Å²) in [7, 11) is 3.14. The van der Waals surface area contributed by atoms with E-state index in [1.54, 1.807) is 26.4 Å². The Morgan fingerprint density at radius 1 is 0.920 bits per heavy atom. The van der Waals surface area contributed by atoms with Crippen molar-refractivity contribution in [2.75, 3.05) is 19.5 Å². The van der Waals surface area contributed by atoms with Crippen molar-refractivity contribution in [3.63, 3.8) is 0 Å². The molecule has 0 saturated heterocycles. The van der Waals surface area contributed by atoms with Crippen LogP contribution in [0.1, 0.15) is 5.56 Å². The number of carbonyl (C=O) groups excluding carboxylic acids is 1. The molecule has 3 aromatic carbocycles. The molecule has 0 saturated carbocycles. The first-order valence-electron chi connectivity index (χ1n) is 7.83. The highest BCUT2D eigenvalue weighted by Gasteiger charge is 2.09. The molecule has 0 aromatic heterocycles. The Kier molecular flexibility index (Phi) is 5.04. The fraction of sp³-hybridized carbons (Fsp3) is 0.150. The van der Waals surface area contributed by atoms with Gasteiger partial charge in [0.25, 0.3) is 0 Å². The maximum atomic E-state index is 12.1. The zero-order valence-electron chi connectivity index (χ0n) is 14.1. The second-order valence-corrected chi connectivity index (χ2v) is 5.42. The largest absolute Gasteiger partial charge is 0.493 e. The van der Waals surface area contributed by atoms with Gasteiger partial charge in [0.05, 0.1) is 19.9 Å². The van der Waals surface area contributed by atoms with Gasteiger partial charge in [0.15, 0.2) is 11.5 Å². The number of rotatable bonds is 5. The lowest BCUT2D eigenvalue weighted by Crippen LogP contribution is -2.13. The molecule has 0 fully saturated rings. The molecule has 25 heavy (non-hydrogen) atoms. The summed E-state index contributed by atoms with van der Waals surface area (Å²) >= 11 is 0. The Hall–Kier alpha value is -3.21. The molecule has 1 amide bonds. The van der Waals surface area contributed by atoms with Gasteiger partial charge in [0.1, 0.15) is 6.61 Å². The molecule has 0 atom stereocenters. The third kappa shape index (κ3) is 3.83. The van der Waals surface area contributed by atoms with Crippen molar-refractivity contribution in [3.05, 3.63) is 66.2 Å². The molecular weight excluding hydrogens is 318 g/mol. The summed E-state index contributed by atoms with van der Waals surface area (Å²) < 4.78 is 15.7. The van der Waals surface area contributed by atoms with Gasteiger partial charge in [-0.1, -0.05) is 42.5 Å². The van der Waals surface area contributed by atoms with Gasteiger partial charge in [-0.3, -0.25) is 5.32 Å². The smallest absolute Gasteiger partial charge is 0.411 e. The quantitative estimate of drug-likeness (QED) is 0.739. The lowest BCUT2D eigenvalue weighted by molar-refractivity contribution is 0.155. The van der Waals surface area contributed by atoms with Crippen LogP contribution >= 0.6 is 0 Å². The SMILES string of the molecule is COc1ccc(COC(=O)Nc2cccc3ccccc23)cc1OC. The number of carbonyl (C=O) groups is 1. The maximum absolute atomic E-state index is 12.1. The summed E-state index contributed by atoms with van der Waals surface area (Å²) in [5, 5.41) is 4.81. The minimum atomic E-state index is -0.508. The highest BCUT2D eigenvalue weighted by Crippen LogP contribution is 2.28. The van der Waals surface area contributed by atoms with E-state index in [1.807, 2.05) is 48.5 Å². The second-order valence-electron chi connectivity index (χ2n) is 5.42. The van der Waals surface area contributed by atoms with E-state index < -0.39 is 6.09 Å². The van der Waals surface area contributed by atoms with Crippen LogP contribution in [0.3, 0.4) is 0 Å². The van der Waals surface area contributed by atoms with E-state index in [-0.39, 0.29) is 6.61 Å².